The highest BCUT2D eigenvalue weighted by Gasteiger charge is 2.31. The Bertz CT molecular complexity index is 739. The van der Waals surface area contributed by atoms with Crippen molar-refractivity contribution in [2.24, 2.45) is 0 Å². The molecule has 20 heavy (non-hydrogen) atoms. The average molecular weight is 262 g/mol. The van der Waals surface area contributed by atoms with Gasteiger partial charge < -0.3 is 10.3 Å². The fourth-order valence-electron chi connectivity index (χ4n) is 2.38. The number of imidazole rings is 1. The fourth-order valence-corrected chi connectivity index (χ4v) is 2.38. The van der Waals surface area contributed by atoms with Crippen molar-refractivity contribution in [3.05, 3.63) is 35.7 Å². The summed E-state index contributed by atoms with van der Waals surface area (Å²) in [5.41, 5.74) is 8.22. The van der Waals surface area contributed by atoms with Crippen LogP contribution in [0.4, 0.5) is 5.82 Å². The van der Waals surface area contributed by atoms with Crippen LogP contribution >= 0.6 is 0 Å². The molecule has 1 aliphatic rings. The van der Waals surface area contributed by atoms with Gasteiger partial charge in [-0.1, -0.05) is 24.1 Å². The number of aromatic nitrogens is 2. The van der Waals surface area contributed by atoms with Crippen LogP contribution in [0.25, 0.3) is 11.3 Å². The van der Waals surface area contributed by atoms with Crippen molar-refractivity contribution in [2.75, 3.05) is 5.73 Å². The largest absolute Gasteiger partial charge is 0.383 e. The van der Waals surface area contributed by atoms with E-state index in [2.05, 4.69) is 17.0 Å². The second-order valence-electron chi connectivity index (χ2n) is 4.93. The molecule has 1 saturated carbocycles. The molecule has 1 fully saturated rings. The lowest BCUT2D eigenvalue weighted by molar-refractivity contribution is 0.762. The van der Waals surface area contributed by atoms with Crippen molar-refractivity contribution in [3.8, 4) is 29.7 Å². The van der Waals surface area contributed by atoms with Crippen LogP contribution in [-0.4, -0.2) is 9.55 Å². The molecule has 2 aromatic rings. The Labute approximate surface area is 117 Å². The molecule has 0 unspecified atom stereocenters. The van der Waals surface area contributed by atoms with Gasteiger partial charge in [0.2, 0.25) is 0 Å². The molecule has 98 valence electrons. The zero-order chi connectivity index (χ0) is 14.1. The van der Waals surface area contributed by atoms with Crippen molar-refractivity contribution in [1.29, 1.82) is 5.26 Å². The van der Waals surface area contributed by atoms with Crippen LogP contribution in [0.15, 0.2) is 24.3 Å². The normalized spacial score (nSPS) is 13.7. The van der Waals surface area contributed by atoms with E-state index in [1.165, 1.54) is 0 Å². The molecule has 1 aromatic carbocycles. The zero-order valence-electron chi connectivity index (χ0n) is 11.0. The third-order valence-corrected chi connectivity index (χ3v) is 3.53. The number of nitrogen functional groups attached to an aromatic ring is 1. The van der Waals surface area contributed by atoms with Crippen LogP contribution in [-0.2, 0) is 6.54 Å². The third-order valence-electron chi connectivity index (χ3n) is 3.53. The van der Waals surface area contributed by atoms with E-state index in [0.717, 1.165) is 24.2 Å². The van der Waals surface area contributed by atoms with E-state index in [-0.39, 0.29) is 0 Å². The van der Waals surface area contributed by atoms with E-state index in [1.54, 1.807) is 6.07 Å². The molecule has 0 atom stereocenters. The lowest BCUT2D eigenvalue weighted by Gasteiger charge is -2.05. The number of nitriles is 1. The number of terminal acetylenes is 1. The minimum Gasteiger partial charge on any atom is -0.383 e. The Morgan fingerprint density at radius 2 is 2.15 bits per heavy atom. The van der Waals surface area contributed by atoms with Crippen LogP contribution in [0.2, 0.25) is 0 Å². The molecule has 0 saturated heterocycles. The van der Waals surface area contributed by atoms with Gasteiger partial charge in [-0.15, -0.1) is 6.42 Å². The maximum absolute atomic E-state index is 9.21. The van der Waals surface area contributed by atoms with Gasteiger partial charge in [0.05, 0.1) is 18.2 Å². The van der Waals surface area contributed by atoms with Gasteiger partial charge in [0.15, 0.2) is 0 Å². The van der Waals surface area contributed by atoms with E-state index < -0.39 is 0 Å². The summed E-state index contributed by atoms with van der Waals surface area (Å²) in [5, 5.41) is 9.21. The van der Waals surface area contributed by atoms with Gasteiger partial charge >= 0.3 is 0 Å². The minimum atomic E-state index is 0.416. The molecular formula is C16H14N4. The second-order valence-corrected chi connectivity index (χ2v) is 4.93. The first-order chi connectivity index (χ1) is 9.76. The monoisotopic (exact) mass is 262 g/mol. The van der Waals surface area contributed by atoms with Crippen molar-refractivity contribution >= 4 is 5.82 Å². The van der Waals surface area contributed by atoms with Gasteiger partial charge in [-0.3, -0.25) is 0 Å². The second kappa shape index (κ2) is 4.75. The predicted octanol–water partition coefficient (Wildman–Crippen LogP) is 2.51. The van der Waals surface area contributed by atoms with Crippen LogP contribution in [0.3, 0.4) is 0 Å². The molecule has 0 amide bonds. The molecule has 4 heteroatoms. The molecule has 0 radical (unpaired) electrons. The standard InChI is InChI=1S/C16H14N4/c1-2-9-20-15(18)14(19-16(20)11-7-8-11)13-6-4-3-5-12(13)10-17/h1,3-6,11H,7-9,18H2. The van der Waals surface area contributed by atoms with Gasteiger partial charge in [-0.25, -0.2) is 4.98 Å². The maximum Gasteiger partial charge on any atom is 0.132 e. The molecule has 1 aliphatic carbocycles. The number of nitrogens with two attached hydrogens (primary N) is 1. The average Bonchev–Trinajstić information content (AvgIpc) is 3.26. The Hall–Kier alpha value is -2.72. The number of rotatable bonds is 3. The first-order valence-electron chi connectivity index (χ1n) is 6.55. The summed E-state index contributed by atoms with van der Waals surface area (Å²) >= 11 is 0. The Morgan fingerprint density at radius 3 is 2.80 bits per heavy atom. The van der Waals surface area contributed by atoms with E-state index in [1.807, 2.05) is 22.8 Å². The molecule has 3 rings (SSSR count). The lowest BCUT2D eigenvalue weighted by Crippen LogP contribution is -2.05. The van der Waals surface area contributed by atoms with Crippen molar-refractivity contribution < 1.29 is 0 Å². The van der Waals surface area contributed by atoms with Crippen molar-refractivity contribution in [1.82, 2.24) is 9.55 Å². The topological polar surface area (TPSA) is 67.6 Å². The van der Waals surface area contributed by atoms with Gasteiger partial charge in [0.25, 0.3) is 0 Å². The first-order valence-corrected chi connectivity index (χ1v) is 6.55. The first kappa shape index (κ1) is 12.3. The lowest BCUT2D eigenvalue weighted by atomic mass is 10.1. The molecule has 4 nitrogen and oxygen atoms in total. The third kappa shape index (κ3) is 1.92. The highest BCUT2D eigenvalue weighted by Crippen LogP contribution is 2.42. The molecule has 1 heterocycles. The van der Waals surface area contributed by atoms with Crippen LogP contribution < -0.4 is 5.73 Å². The van der Waals surface area contributed by atoms with Gasteiger partial charge in [-0.2, -0.15) is 5.26 Å². The van der Waals surface area contributed by atoms with E-state index in [9.17, 15) is 5.26 Å². The summed E-state index contributed by atoms with van der Waals surface area (Å²) in [5.74, 6) is 4.57. The summed E-state index contributed by atoms with van der Waals surface area (Å²) in [4.78, 5) is 4.66. The highest BCUT2D eigenvalue weighted by molar-refractivity contribution is 5.76. The number of nitrogens with zero attached hydrogens (tertiary/aromatic N) is 3. The minimum absolute atomic E-state index is 0.416. The Morgan fingerprint density at radius 1 is 1.40 bits per heavy atom. The smallest absolute Gasteiger partial charge is 0.132 e. The van der Waals surface area contributed by atoms with Crippen LogP contribution in [0.1, 0.15) is 30.1 Å². The molecule has 0 aliphatic heterocycles. The van der Waals surface area contributed by atoms with E-state index in [4.69, 9.17) is 12.2 Å². The fraction of sp³-hybridized carbons (Fsp3) is 0.250. The number of hydrogen-bond donors (Lipinski definition) is 1. The molecule has 0 bridgehead atoms. The Kier molecular flexibility index (Phi) is 2.93. The van der Waals surface area contributed by atoms with Crippen LogP contribution in [0, 0.1) is 23.7 Å². The molecule has 2 N–H and O–H groups in total. The van der Waals surface area contributed by atoms with E-state index >= 15 is 0 Å². The summed E-state index contributed by atoms with van der Waals surface area (Å²) in [7, 11) is 0. The number of anilines is 1. The Balaban J connectivity index is 2.18. The van der Waals surface area contributed by atoms with E-state index in [0.29, 0.717) is 29.5 Å². The SMILES string of the molecule is C#CCn1c(C2CC2)nc(-c2ccccc2C#N)c1N. The zero-order valence-corrected chi connectivity index (χ0v) is 11.0. The van der Waals surface area contributed by atoms with Gasteiger partial charge in [-0.05, 0) is 18.9 Å². The summed E-state index contributed by atoms with van der Waals surface area (Å²) < 4.78 is 1.89. The molecular weight excluding hydrogens is 248 g/mol. The predicted molar refractivity (Wildman–Crippen MR) is 77.6 cm³/mol. The summed E-state index contributed by atoms with van der Waals surface area (Å²) in [6, 6.07) is 9.53. The quantitative estimate of drug-likeness (QED) is 0.864. The van der Waals surface area contributed by atoms with Crippen LogP contribution in [0.5, 0.6) is 0 Å². The molecule has 1 aromatic heterocycles. The summed E-state index contributed by atoms with van der Waals surface area (Å²) in [6.07, 6.45) is 7.67. The number of hydrogen-bond acceptors (Lipinski definition) is 3. The molecule has 0 spiro atoms. The van der Waals surface area contributed by atoms with Crippen molar-refractivity contribution in [2.45, 2.75) is 25.3 Å². The maximum atomic E-state index is 9.21. The number of benzene rings is 1. The van der Waals surface area contributed by atoms with Crippen molar-refractivity contribution in [3.63, 3.8) is 0 Å². The van der Waals surface area contributed by atoms with Gasteiger partial charge in [0, 0.05) is 11.5 Å². The van der Waals surface area contributed by atoms with Gasteiger partial charge in [0.1, 0.15) is 17.3 Å². The summed E-state index contributed by atoms with van der Waals surface area (Å²) in [6.45, 7) is 0.416. The highest BCUT2D eigenvalue weighted by atomic mass is 15.1.